The molecule has 0 rings (SSSR count). The zero-order valence-corrected chi connectivity index (χ0v) is 8.79. The SMILES string of the molecule is CCN(C(C)=O)/C(C)=C/C=C(/C)N. The Balaban J connectivity index is 4.54. The van der Waals surface area contributed by atoms with E-state index in [1.54, 1.807) is 17.9 Å². The first-order valence-corrected chi connectivity index (χ1v) is 4.37. The van der Waals surface area contributed by atoms with Gasteiger partial charge < -0.3 is 10.6 Å². The second kappa shape index (κ2) is 5.41. The number of carbonyl (C=O) groups excluding carboxylic acids is 1. The van der Waals surface area contributed by atoms with E-state index in [4.69, 9.17) is 5.73 Å². The standard InChI is InChI=1S/C10H18N2O/c1-5-12(10(4)13)9(3)7-6-8(2)11/h6-7H,5,11H2,1-4H3/b8-6-,9-7+. The zero-order valence-electron chi connectivity index (χ0n) is 8.79. The number of hydrogen-bond donors (Lipinski definition) is 1. The predicted molar refractivity (Wildman–Crippen MR) is 54.8 cm³/mol. The molecule has 0 aromatic carbocycles. The number of amides is 1. The maximum absolute atomic E-state index is 11.1. The van der Waals surface area contributed by atoms with Gasteiger partial charge in [0.2, 0.25) is 5.91 Å². The van der Waals surface area contributed by atoms with E-state index in [9.17, 15) is 4.79 Å². The molecule has 0 bridgehead atoms. The van der Waals surface area contributed by atoms with Crippen LogP contribution in [0.3, 0.4) is 0 Å². The van der Waals surface area contributed by atoms with E-state index in [1.807, 2.05) is 26.8 Å². The Hall–Kier alpha value is -1.25. The summed E-state index contributed by atoms with van der Waals surface area (Å²) < 4.78 is 0. The van der Waals surface area contributed by atoms with Gasteiger partial charge in [-0.25, -0.2) is 0 Å². The van der Waals surface area contributed by atoms with Crippen LogP contribution in [0.2, 0.25) is 0 Å². The summed E-state index contributed by atoms with van der Waals surface area (Å²) in [6.45, 7) is 7.89. The summed E-state index contributed by atoms with van der Waals surface area (Å²) in [7, 11) is 0. The van der Waals surface area contributed by atoms with Crippen LogP contribution in [-0.2, 0) is 4.79 Å². The van der Waals surface area contributed by atoms with Crippen LogP contribution >= 0.6 is 0 Å². The summed E-state index contributed by atoms with van der Waals surface area (Å²) in [6, 6.07) is 0. The number of rotatable bonds is 3. The fraction of sp³-hybridized carbons (Fsp3) is 0.500. The minimum absolute atomic E-state index is 0.0549. The average molecular weight is 182 g/mol. The van der Waals surface area contributed by atoms with Crippen LogP contribution in [0.5, 0.6) is 0 Å². The van der Waals surface area contributed by atoms with Crippen molar-refractivity contribution in [3.8, 4) is 0 Å². The quantitative estimate of drug-likeness (QED) is 0.674. The Morgan fingerprint density at radius 3 is 2.15 bits per heavy atom. The van der Waals surface area contributed by atoms with Gasteiger partial charge in [0.05, 0.1) is 0 Å². The van der Waals surface area contributed by atoms with Crippen molar-refractivity contribution in [3.05, 3.63) is 23.5 Å². The summed E-state index contributed by atoms with van der Waals surface area (Å²) in [5, 5.41) is 0. The topological polar surface area (TPSA) is 46.3 Å². The number of hydrogen-bond acceptors (Lipinski definition) is 2. The first kappa shape index (κ1) is 11.8. The van der Waals surface area contributed by atoms with E-state index in [0.29, 0.717) is 6.54 Å². The largest absolute Gasteiger partial charge is 0.402 e. The monoisotopic (exact) mass is 182 g/mol. The molecule has 0 aromatic rings. The smallest absolute Gasteiger partial charge is 0.223 e. The fourth-order valence-corrected chi connectivity index (χ4v) is 1.06. The average Bonchev–Trinajstić information content (AvgIpc) is 2.01. The third kappa shape index (κ3) is 4.35. The van der Waals surface area contributed by atoms with Gasteiger partial charge in [0.15, 0.2) is 0 Å². The lowest BCUT2D eigenvalue weighted by Gasteiger charge is -2.18. The Kier molecular flexibility index (Phi) is 4.89. The normalized spacial score (nSPS) is 12.9. The van der Waals surface area contributed by atoms with E-state index in [0.717, 1.165) is 11.4 Å². The molecule has 0 atom stereocenters. The molecule has 0 saturated heterocycles. The number of carbonyl (C=O) groups is 1. The van der Waals surface area contributed by atoms with Crippen LogP contribution in [0.4, 0.5) is 0 Å². The van der Waals surface area contributed by atoms with E-state index < -0.39 is 0 Å². The van der Waals surface area contributed by atoms with Crippen LogP contribution in [0.15, 0.2) is 23.5 Å². The van der Waals surface area contributed by atoms with E-state index >= 15 is 0 Å². The van der Waals surface area contributed by atoms with Crippen molar-refractivity contribution in [3.63, 3.8) is 0 Å². The zero-order chi connectivity index (χ0) is 10.4. The molecule has 0 saturated carbocycles. The molecule has 74 valence electrons. The van der Waals surface area contributed by atoms with Crippen molar-refractivity contribution in [1.29, 1.82) is 0 Å². The van der Waals surface area contributed by atoms with Gasteiger partial charge in [-0.1, -0.05) is 0 Å². The Bertz CT molecular complexity index is 237. The van der Waals surface area contributed by atoms with Gasteiger partial charge in [-0.15, -0.1) is 0 Å². The molecule has 0 fully saturated rings. The summed E-state index contributed by atoms with van der Waals surface area (Å²) in [5.41, 5.74) is 7.12. The van der Waals surface area contributed by atoms with Gasteiger partial charge in [-0.3, -0.25) is 4.79 Å². The molecule has 0 aliphatic heterocycles. The van der Waals surface area contributed by atoms with Crippen molar-refractivity contribution in [1.82, 2.24) is 4.90 Å². The van der Waals surface area contributed by atoms with Crippen LogP contribution < -0.4 is 5.73 Å². The summed E-state index contributed by atoms with van der Waals surface area (Å²) >= 11 is 0. The van der Waals surface area contributed by atoms with Crippen molar-refractivity contribution < 1.29 is 4.79 Å². The maximum Gasteiger partial charge on any atom is 0.223 e. The second-order valence-electron chi connectivity index (χ2n) is 2.98. The molecule has 0 aliphatic carbocycles. The summed E-state index contributed by atoms with van der Waals surface area (Å²) in [4.78, 5) is 12.8. The molecule has 2 N–H and O–H groups in total. The first-order chi connectivity index (χ1) is 5.99. The van der Waals surface area contributed by atoms with Crippen LogP contribution in [0.1, 0.15) is 27.7 Å². The van der Waals surface area contributed by atoms with Crippen LogP contribution in [-0.4, -0.2) is 17.4 Å². The number of allylic oxidation sites excluding steroid dienone is 4. The third-order valence-electron chi connectivity index (χ3n) is 1.71. The Labute approximate surface area is 79.9 Å². The van der Waals surface area contributed by atoms with Gasteiger partial charge >= 0.3 is 0 Å². The minimum atomic E-state index is 0.0549. The molecular formula is C10H18N2O. The molecule has 0 spiro atoms. The molecule has 3 heteroatoms. The van der Waals surface area contributed by atoms with Gasteiger partial charge in [0.1, 0.15) is 0 Å². The number of nitrogens with two attached hydrogens (primary N) is 1. The second-order valence-corrected chi connectivity index (χ2v) is 2.98. The highest BCUT2D eigenvalue weighted by atomic mass is 16.2. The van der Waals surface area contributed by atoms with E-state index in [2.05, 4.69) is 0 Å². The Morgan fingerprint density at radius 1 is 1.31 bits per heavy atom. The predicted octanol–water partition coefficient (Wildman–Crippen LogP) is 1.62. The molecule has 0 heterocycles. The molecule has 0 aromatic heterocycles. The van der Waals surface area contributed by atoms with E-state index in [1.165, 1.54) is 0 Å². The lowest BCUT2D eigenvalue weighted by atomic mass is 10.3. The van der Waals surface area contributed by atoms with Gasteiger partial charge in [-0.05, 0) is 32.9 Å². The third-order valence-corrected chi connectivity index (χ3v) is 1.71. The van der Waals surface area contributed by atoms with Gasteiger partial charge in [0, 0.05) is 24.9 Å². The Morgan fingerprint density at radius 2 is 1.85 bits per heavy atom. The number of nitrogens with zero attached hydrogens (tertiary/aromatic N) is 1. The highest BCUT2D eigenvalue weighted by Gasteiger charge is 2.05. The maximum atomic E-state index is 11.1. The molecule has 13 heavy (non-hydrogen) atoms. The van der Waals surface area contributed by atoms with Crippen molar-refractivity contribution in [2.24, 2.45) is 5.73 Å². The van der Waals surface area contributed by atoms with Crippen molar-refractivity contribution >= 4 is 5.91 Å². The molecule has 0 aliphatic rings. The van der Waals surface area contributed by atoms with Crippen LogP contribution in [0, 0.1) is 0 Å². The molecule has 0 unspecified atom stereocenters. The van der Waals surface area contributed by atoms with Gasteiger partial charge in [0.25, 0.3) is 0 Å². The lowest BCUT2D eigenvalue weighted by molar-refractivity contribution is -0.126. The lowest BCUT2D eigenvalue weighted by Crippen LogP contribution is -2.26. The molecule has 0 radical (unpaired) electrons. The van der Waals surface area contributed by atoms with Crippen molar-refractivity contribution in [2.75, 3.05) is 6.54 Å². The molecular weight excluding hydrogens is 164 g/mol. The van der Waals surface area contributed by atoms with Crippen LogP contribution in [0.25, 0.3) is 0 Å². The van der Waals surface area contributed by atoms with Crippen molar-refractivity contribution in [2.45, 2.75) is 27.7 Å². The van der Waals surface area contributed by atoms with E-state index in [-0.39, 0.29) is 5.91 Å². The highest BCUT2D eigenvalue weighted by molar-refractivity contribution is 5.75. The summed E-state index contributed by atoms with van der Waals surface area (Å²) in [5.74, 6) is 0.0549. The molecule has 3 nitrogen and oxygen atoms in total. The minimum Gasteiger partial charge on any atom is -0.402 e. The fourth-order valence-electron chi connectivity index (χ4n) is 1.06. The highest BCUT2D eigenvalue weighted by Crippen LogP contribution is 2.03. The van der Waals surface area contributed by atoms with Gasteiger partial charge in [-0.2, -0.15) is 0 Å². The molecule has 1 amide bonds. The summed E-state index contributed by atoms with van der Waals surface area (Å²) in [6.07, 6.45) is 3.64. The first-order valence-electron chi connectivity index (χ1n) is 4.37.